The lowest BCUT2D eigenvalue weighted by atomic mass is 9.67. The lowest BCUT2D eigenvalue weighted by Gasteiger charge is -2.36. The Morgan fingerprint density at radius 3 is 1.91 bits per heavy atom. The van der Waals surface area contributed by atoms with Crippen molar-refractivity contribution in [3.05, 3.63) is 35.9 Å². The zero-order chi connectivity index (χ0) is 14.5. The molecule has 0 aromatic heterocycles. The second kappa shape index (κ2) is 5.35. The van der Waals surface area contributed by atoms with Crippen LogP contribution in [0.1, 0.15) is 44.1 Å². The molecule has 4 aliphatic rings. The van der Waals surface area contributed by atoms with Crippen molar-refractivity contribution in [2.24, 2.45) is 17.8 Å². The zero-order valence-electron chi connectivity index (χ0n) is 13.2. The van der Waals surface area contributed by atoms with Gasteiger partial charge in [0, 0.05) is 0 Å². The van der Waals surface area contributed by atoms with Gasteiger partial charge in [0.05, 0.1) is 24.4 Å². The van der Waals surface area contributed by atoms with E-state index in [-0.39, 0.29) is 0 Å². The third kappa shape index (κ3) is 2.61. The smallest absolute Gasteiger partial charge is 0.0844 e. The molecule has 2 aliphatic heterocycles. The minimum Gasteiger partial charge on any atom is -0.370 e. The third-order valence-corrected chi connectivity index (χ3v) is 6.61. The van der Waals surface area contributed by atoms with Gasteiger partial charge in [-0.05, 0) is 68.3 Å². The highest BCUT2D eigenvalue weighted by Crippen LogP contribution is 2.49. The Labute approximate surface area is 133 Å². The molecule has 4 fully saturated rings. The fraction of sp³-hybridized carbons (Fsp3) is 0.700. The molecule has 6 unspecified atom stereocenters. The SMILES string of the molecule is c1ccc(CC(C2CCC3OC3C2)C2CCC3OC3C2)cc1. The van der Waals surface area contributed by atoms with Crippen LogP contribution in [0, 0.1) is 17.8 Å². The van der Waals surface area contributed by atoms with Crippen LogP contribution >= 0.6 is 0 Å². The van der Waals surface area contributed by atoms with Crippen LogP contribution in [0.3, 0.4) is 0 Å². The zero-order valence-corrected chi connectivity index (χ0v) is 13.2. The van der Waals surface area contributed by atoms with Crippen molar-refractivity contribution in [3.8, 4) is 0 Å². The molecule has 1 aromatic rings. The maximum atomic E-state index is 5.80. The van der Waals surface area contributed by atoms with Crippen molar-refractivity contribution in [3.63, 3.8) is 0 Å². The Kier molecular flexibility index (Phi) is 3.30. The molecule has 0 spiro atoms. The Morgan fingerprint density at radius 2 is 1.36 bits per heavy atom. The molecule has 118 valence electrons. The molecule has 2 heterocycles. The molecule has 5 rings (SSSR count). The molecule has 2 saturated heterocycles. The monoisotopic (exact) mass is 298 g/mol. The summed E-state index contributed by atoms with van der Waals surface area (Å²) in [5.74, 6) is 2.56. The first-order chi connectivity index (χ1) is 10.9. The highest BCUT2D eigenvalue weighted by molar-refractivity contribution is 5.16. The average molecular weight is 298 g/mol. The number of benzene rings is 1. The Balaban J connectivity index is 1.34. The molecule has 0 bridgehead atoms. The molecular formula is C20H26O2. The maximum Gasteiger partial charge on any atom is 0.0844 e. The summed E-state index contributed by atoms with van der Waals surface area (Å²) in [7, 11) is 0. The van der Waals surface area contributed by atoms with E-state index in [9.17, 15) is 0 Å². The highest BCUT2D eigenvalue weighted by atomic mass is 16.6. The highest BCUT2D eigenvalue weighted by Gasteiger charge is 2.50. The van der Waals surface area contributed by atoms with Crippen LogP contribution in [0.2, 0.25) is 0 Å². The van der Waals surface area contributed by atoms with Gasteiger partial charge in [-0.15, -0.1) is 0 Å². The summed E-state index contributed by atoms with van der Waals surface area (Å²) in [5, 5.41) is 0. The van der Waals surface area contributed by atoms with Crippen molar-refractivity contribution in [1.82, 2.24) is 0 Å². The molecule has 2 heteroatoms. The minimum atomic E-state index is 0.602. The van der Waals surface area contributed by atoms with Crippen LogP contribution < -0.4 is 0 Å². The Hall–Kier alpha value is -0.860. The van der Waals surface area contributed by atoms with Crippen molar-refractivity contribution in [2.75, 3.05) is 0 Å². The molecule has 22 heavy (non-hydrogen) atoms. The van der Waals surface area contributed by atoms with E-state index in [1.54, 1.807) is 0 Å². The molecule has 0 radical (unpaired) electrons. The van der Waals surface area contributed by atoms with Crippen LogP contribution in [-0.4, -0.2) is 24.4 Å². The number of epoxide rings is 2. The number of ether oxygens (including phenoxy) is 2. The van der Waals surface area contributed by atoms with Crippen LogP contribution in [-0.2, 0) is 15.9 Å². The van der Waals surface area contributed by atoms with Gasteiger partial charge in [-0.3, -0.25) is 0 Å². The maximum absolute atomic E-state index is 5.80. The molecule has 0 N–H and O–H groups in total. The van der Waals surface area contributed by atoms with E-state index >= 15 is 0 Å². The van der Waals surface area contributed by atoms with Gasteiger partial charge in [0.15, 0.2) is 0 Å². The predicted molar refractivity (Wildman–Crippen MR) is 85.6 cm³/mol. The van der Waals surface area contributed by atoms with Crippen molar-refractivity contribution < 1.29 is 9.47 Å². The third-order valence-electron chi connectivity index (χ3n) is 6.61. The van der Waals surface area contributed by atoms with Crippen LogP contribution in [0.25, 0.3) is 0 Å². The van der Waals surface area contributed by atoms with Gasteiger partial charge in [0.1, 0.15) is 0 Å². The normalized spacial score (nSPS) is 43.8. The summed E-state index contributed by atoms with van der Waals surface area (Å²) in [6.45, 7) is 0. The number of hydrogen-bond acceptors (Lipinski definition) is 2. The first kappa shape index (κ1) is 13.6. The van der Waals surface area contributed by atoms with Crippen molar-refractivity contribution >= 4 is 0 Å². The largest absolute Gasteiger partial charge is 0.370 e. The standard InChI is InChI=1S/C20H26O2/c1-2-4-13(5-3-1)10-16(14-6-8-17-19(11-14)21-17)15-7-9-18-20(12-15)22-18/h1-5,14-20H,6-12H2. The molecule has 2 nitrogen and oxygen atoms in total. The number of hydrogen-bond donors (Lipinski definition) is 0. The fourth-order valence-corrected chi connectivity index (χ4v) is 5.25. The van der Waals surface area contributed by atoms with Crippen LogP contribution in [0.15, 0.2) is 30.3 Å². The van der Waals surface area contributed by atoms with Gasteiger partial charge in [-0.1, -0.05) is 30.3 Å². The molecule has 2 aliphatic carbocycles. The van der Waals surface area contributed by atoms with Crippen LogP contribution in [0.5, 0.6) is 0 Å². The van der Waals surface area contributed by atoms with E-state index in [0.29, 0.717) is 24.4 Å². The summed E-state index contributed by atoms with van der Waals surface area (Å²) in [6, 6.07) is 11.1. The van der Waals surface area contributed by atoms with E-state index < -0.39 is 0 Å². The van der Waals surface area contributed by atoms with Gasteiger partial charge < -0.3 is 9.47 Å². The van der Waals surface area contributed by atoms with Gasteiger partial charge in [-0.2, -0.15) is 0 Å². The van der Waals surface area contributed by atoms with Crippen molar-refractivity contribution in [2.45, 2.75) is 69.4 Å². The lowest BCUT2D eigenvalue weighted by Crippen LogP contribution is -2.32. The van der Waals surface area contributed by atoms with E-state index in [4.69, 9.17) is 9.47 Å². The van der Waals surface area contributed by atoms with Crippen LogP contribution in [0.4, 0.5) is 0 Å². The lowest BCUT2D eigenvalue weighted by molar-refractivity contribution is 0.156. The molecule has 1 aromatic carbocycles. The number of fused-ring (bicyclic) bond motifs is 2. The molecule has 0 amide bonds. The van der Waals surface area contributed by atoms with E-state index in [1.807, 2.05) is 0 Å². The van der Waals surface area contributed by atoms with E-state index in [0.717, 1.165) is 17.8 Å². The average Bonchev–Trinajstić information content (AvgIpc) is 3.45. The molecule has 6 atom stereocenters. The second-order valence-electron chi connectivity index (χ2n) is 7.93. The van der Waals surface area contributed by atoms with E-state index in [2.05, 4.69) is 30.3 Å². The summed E-state index contributed by atoms with van der Waals surface area (Å²) >= 11 is 0. The predicted octanol–water partition coefficient (Wildman–Crippen LogP) is 3.98. The summed E-state index contributed by atoms with van der Waals surface area (Å²) in [4.78, 5) is 0. The topological polar surface area (TPSA) is 25.1 Å². The second-order valence-corrected chi connectivity index (χ2v) is 7.93. The van der Waals surface area contributed by atoms with E-state index in [1.165, 1.54) is 50.5 Å². The first-order valence-electron chi connectivity index (χ1n) is 9.21. The van der Waals surface area contributed by atoms with Gasteiger partial charge in [0.25, 0.3) is 0 Å². The summed E-state index contributed by atoms with van der Waals surface area (Å²) in [6.07, 6.45) is 11.7. The molecule has 2 saturated carbocycles. The summed E-state index contributed by atoms with van der Waals surface area (Å²) in [5.41, 5.74) is 1.52. The Morgan fingerprint density at radius 1 is 0.773 bits per heavy atom. The van der Waals surface area contributed by atoms with Crippen molar-refractivity contribution in [1.29, 1.82) is 0 Å². The quantitative estimate of drug-likeness (QED) is 0.786. The fourth-order valence-electron chi connectivity index (χ4n) is 5.25. The first-order valence-corrected chi connectivity index (χ1v) is 9.21. The van der Waals surface area contributed by atoms with Gasteiger partial charge in [-0.25, -0.2) is 0 Å². The van der Waals surface area contributed by atoms with Gasteiger partial charge in [0.2, 0.25) is 0 Å². The summed E-state index contributed by atoms with van der Waals surface area (Å²) < 4.78 is 11.6. The Bertz CT molecular complexity index is 500. The van der Waals surface area contributed by atoms with Gasteiger partial charge >= 0.3 is 0 Å². The molecular weight excluding hydrogens is 272 g/mol. The number of rotatable bonds is 4. The minimum absolute atomic E-state index is 0.602.